The Morgan fingerprint density at radius 3 is 2.40 bits per heavy atom. The van der Waals surface area contributed by atoms with Gasteiger partial charge in [0.1, 0.15) is 0 Å². The van der Waals surface area contributed by atoms with Gasteiger partial charge in [-0.05, 0) is 23.3 Å². The second kappa shape index (κ2) is 9.21. The third-order valence-corrected chi connectivity index (χ3v) is 4.10. The number of carbonyl (C=O) groups excluding carboxylic acids is 1. The molecule has 0 radical (unpaired) electrons. The number of hydrogen-bond acceptors (Lipinski definition) is 5. The number of amides is 1. The molecule has 3 rings (SSSR count). The van der Waals surface area contributed by atoms with Crippen molar-refractivity contribution in [3.63, 3.8) is 0 Å². The summed E-state index contributed by atoms with van der Waals surface area (Å²) in [6.45, 7) is 0.203. The largest absolute Gasteiger partial charge is 0.492 e. The van der Waals surface area contributed by atoms with E-state index in [1.54, 1.807) is 12.1 Å². The van der Waals surface area contributed by atoms with Crippen LogP contribution in [0.4, 0.5) is 0 Å². The van der Waals surface area contributed by atoms with E-state index < -0.39 is 29.0 Å². The predicted molar refractivity (Wildman–Crippen MR) is 108 cm³/mol. The zero-order valence-electron chi connectivity index (χ0n) is 15.7. The van der Waals surface area contributed by atoms with Crippen molar-refractivity contribution in [3.8, 4) is 17.8 Å². The molecule has 0 unspecified atom stereocenters. The number of aromatic hydroxyl groups is 1. The highest BCUT2D eigenvalue weighted by atomic mass is 16.4. The number of nitrogens with zero attached hydrogens (tertiary/aromatic N) is 2. The summed E-state index contributed by atoms with van der Waals surface area (Å²) in [6.07, 6.45) is 1.27. The van der Waals surface area contributed by atoms with Crippen molar-refractivity contribution in [1.29, 1.82) is 0 Å². The van der Waals surface area contributed by atoms with Crippen LogP contribution in [-0.4, -0.2) is 31.6 Å². The van der Waals surface area contributed by atoms with E-state index in [1.807, 2.05) is 30.3 Å². The minimum atomic E-state index is -1.02. The van der Waals surface area contributed by atoms with Crippen molar-refractivity contribution in [2.45, 2.75) is 13.0 Å². The number of rotatable bonds is 5. The Morgan fingerprint density at radius 1 is 1.03 bits per heavy atom. The van der Waals surface area contributed by atoms with Crippen LogP contribution in [0.15, 0.2) is 65.6 Å². The van der Waals surface area contributed by atoms with Gasteiger partial charge in [-0.1, -0.05) is 48.4 Å². The zero-order chi connectivity index (χ0) is 21.5. The summed E-state index contributed by atoms with van der Waals surface area (Å²) in [4.78, 5) is 39.3. The van der Waals surface area contributed by atoms with Crippen molar-refractivity contribution in [2.24, 2.45) is 0 Å². The lowest BCUT2D eigenvalue weighted by Gasteiger charge is -2.05. The Labute approximate surface area is 171 Å². The van der Waals surface area contributed by atoms with Gasteiger partial charge >= 0.3 is 5.97 Å². The van der Waals surface area contributed by atoms with Gasteiger partial charge < -0.3 is 15.5 Å². The Kier molecular flexibility index (Phi) is 6.25. The van der Waals surface area contributed by atoms with Gasteiger partial charge in [0.2, 0.25) is 5.88 Å². The molecule has 0 atom stereocenters. The molecule has 1 amide bonds. The summed E-state index contributed by atoms with van der Waals surface area (Å²) in [7, 11) is 0. The lowest BCUT2D eigenvalue weighted by Crippen LogP contribution is -2.33. The fourth-order valence-corrected chi connectivity index (χ4v) is 2.56. The molecule has 8 nitrogen and oxygen atoms in total. The van der Waals surface area contributed by atoms with E-state index in [-0.39, 0.29) is 18.5 Å². The summed E-state index contributed by atoms with van der Waals surface area (Å²) in [5.74, 6) is 0.493. The van der Waals surface area contributed by atoms with Crippen LogP contribution >= 0.6 is 0 Å². The van der Waals surface area contributed by atoms with Gasteiger partial charge in [-0.15, -0.1) is 0 Å². The van der Waals surface area contributed by atoms with Gasteiger partial charge in [0.05, 0.1) is 11.8 Å². The van der Waals surface area contributed by atoms with Crippen LogP contribution in [0.3, 0.4) is 0 Å². The van der Waals surface area contributed by atoms with Gasteiger partial charge in [-0.25, -0.2) is 14.3 Å². The lowest BCUT2D eigenvalue weighted by atomic mass is 10.1. The zero-order valence-corrected chi connectivity index (χ0v) is 15.7. The molecule has 0 spiro atoms. The molecule has 0 aliphatic rings. The standard InChI is InChI=1S/C22H17N3O5/c26-18-14-25(12-4-7-15-8-10-17(11-9-15)22(29)30)21(28)19(24-18)20(27)23-13-16-5-2-1-3-6-16/h1-3,5-6,8-11,14,26H,7,13H2,(H,23,27)(H,29,30). The topological polar surface area (TPSA) is 122 Å². The Balaban J connectivity index is 1.74. The molecule has 0 aliphatic heterocycles. The average Bonchev–Trinajstić information content (AvgIpc) is 2.75. The number of carboxylic acid groups (broad SMARTS) is 1. The molecule has 8 heteroatoms. The van der Waals surface area contributed by atoms with Gasteiger partial charge in [0.15, 0.2) is 5.69 Å². The van der Waals surface area contributed by atoms with Crippen LogP contribution in [-0.2, 0) is 13.0 Å². The second-order valence-electron chi connectivity index (χ2n) is 6.26. The first-order valence-corrected chi connectivity index (χ1v) is 8.90. The molecule has 0 saturated heterocycles. The SMILES string of the molecule is O=C(O)c1ccc(CC#Cn2cc(O)nc(C(=O)NCc3ccccc3)c2=O)cc1. The van der Waals surface area contributed by atoms with Crippen molar-refractivity contribution < 1.29 is 19.8 Å². The summed E-state index contributed by atoms with van der Waals surface area (Å²) in [6, 6.07) is 17.9. The van der Waals surface area contributed by atoms with Crippen LogP contribution in [0, 0.1) is 12.0 Å². The number of benzene rings is 2. The minimum Gasteiger partial charge on any atom is -0.492 e. The summed E-state index contributed by atoms with van der Waals surface area (Å²) < 4.78 is 0.894. The maximum Gasteiger partial charge on any atom is 0.335 e. The second-order valence-corrected chi connectivity index (χ2v) is 6.26. The van der Waals surface area contributed by atoms with Gasteiger partial charge in [-0.2, -0.15) is 0 Å². The molecule has 2 aromatic carbocycles. The Hall–Kier alpha value is -4.38. The number of carboxylic acids is 1. The monoisotopic (exact) mass is 403 g/mol. The number of aromatic nitrogens is 2. The van der Waals surface area contributed by atoms with Crippen LogP contribution in [0.5, 0.6) is 5.88 Å². The van der Waals surface area contributed by atoms with E-state index >= 15 is 0 Å². The van der Waals surface area contributed by atoms with E-state index in [4.69, 9.17) is 5.11 Å². The van der Waals surface area contributed by atoms with Crippen molar-refractivity contribution in [2.75, 3.05) is 0 Å². The van der Waals surface area contributed by atoms with Crippen molar-refractivity contribution >= 4 is 11.9 Å². The van der Waals surface area contributed by atoms with Gasteiger partial charge in [0, 0.05) is 19.0 Å². The molecule has 0 fully saturated rings. The first kappa shape index (κ1) is 20.4. The predicted octanol–water partition coefficient (Wildman–Crippen LogP) is 1.63. The average molecular weight is 403 g/mol. The van der Waals surface area contributed by atoms with Gasteiger partial charge in [-0.3, -0.25) is 9.59 Å². The highest BCUT2D eigenvalue weighted by Crippen LogP contribution is 2.05. The molecule has 0 aliphatic carbocycles. The first-order chi connectivity index (χ1) is 14.4. The molecule has 0 bridgehead atoms. The van der Waals surface area contributed by atoms with Gasteiger partial charge in [0.25, 0.3) is 11.5 Å². The third kappa shape index (κ3) is 5.11. The Morgan fingerprint density at radius 2 is 1.73 bits per heavy atom. The lowest BCUT2D eigenvalue weighted by molar-refractivity contribution is 0.0696. The van der Waals surface area contributed by atoms with Crippen LogP contribution in [0.25, 0.3) is 0 Å². The molecule has 1 aromatic heterocycles. The number of aromatic carboxylic acids is 1. The molecule has 3 N–H and O–H groups in total. The molecule has 1 heterocycles. The van der Waals surface area contributed by atoms with Crippen LogP contribution in [0.2, 0.25) is 0 Å². The normalized spacial score (nSPS) is 10.0. The molecular weight excluding hydrogens is 386 g/mol. The fraction of sp³-hybridized carbons (Fsp3) is 0.0909. The quantitative estimate of drug-likeness (QED) is 0.557. The van der Waals surface area contributed by atoms with Crippen LogP contribution in [0.1, 0.15) is 32.0 Å². The number of nitrogens with one attached hydrogen (secondary N) is 1. The first-order valence-electron chi connectivity index (χ1n) is 8.90. The minimum absolute atomic E-state index is 0.160. The molecular formula is C22H17N3O5. The Bertz CT molecular complexity index is 1190. The number of carbonyl (C=O) groups is 2. The smallest absolute Gasteiger partial charge is 0.335 e. The molecule has 3 aromatic rings. The molecule has 0 saturated carbocycles. The van der Waals surface area contributed by atoms with E-state index in [9.17, 15) is 19.5 Å². The highest BCUT2D eigenvalue weighted by molar-refractivity contribution is 5.92. The highest BCUT2D eigenvalue weighted by Gasteiger charge is 2.15. The van der Waals surface area contributed by atoms with Crippen molar-refractivity contribution in [1.82, 2.24) is 14.9 Å². The number of hydrogen-bond donors (Lipinski definition) is 3. The molecule has 150 valence electrons. The van der Waals surface area contributed by atoms with E-state index in [2.05, 4.69) is 22.3 Å². The maximum absolute atomic E-state index is 12.5. The maximum atomic E-state index is 12.5. The molecule has 30 heavy (non-hydrogen) atoms. The van der Waals surface area contributed by atoms with Crippen LogP contribution < -0.4 is 10.9 Å². The van der Waals surface area contributed by atoms with Crippen molar-refractivity contribution in [3.05, 3.63) is 93.5 Å². The van der Waals surface area contributed by atoms with E-state index in [1.165, 1.54) is 12.1 Å². The third-order valence-electron chi connectivity index (χ3n) is 4.10. The van der Waals surface area contributed by atoms with E-state index in [0.717, 1.165) is 21.9 Å². The fourth-order valence-electron chi connectivity index (χ4n) is 2.56. The van der Waals surface area contributed by atoms with E-state index in [0.29, 0.717) is 0 Å². The summed E-state index contributed by atoms with van der Waals surface area (Å²) in [5, 5.41) is 21.3. The summed E-state index contributed by atoms with van der Waals surface area (Å²) >= 11 is 0. The summed E-state index contributed by atoms with van der Waals surface area (Å²) in [5.41, 5.74) is 0.533.